The lowest BCUT2D eigenvalue weighted by Crippen LogP contribution is -2.49. The zero-order chi connectivity index (χ0) is 18.3. The molecule has 1 aliphatic heterocycles. The van der Waals surface area contributed by atoms with E-state index in [0.29, 0.717) is 18.7 Å². The number of nitrogens with zero attached hydrogens (tertiary/aromatic N) is 4. The number of benzene rings is 1. The minimum absolute atomic E-state index is 0.0260. The number of carbonyl (C=O) groups is 1. The van der Waals surface area contributed by atoms with Crippen molar-refractivity contribution >= 4 is 5.91 Å². The van der Waals surface area contributed by atoms with Gasteiger partial charge in [0.1, 0.15) is 11.3 Å². The highest BCUT2D eigenvalue weighted by atomic mass is 16.3. The first-order chi connectivity index (χ1) is 12.5. The Labute approximate surface area is 153 Å². The Bertz CT molecular complexity index is 829. The maximum atomic E-state index is 13.2. The average molecular weight is 354 g/mol. The summed E-state index contributed by atoms with van der Waals surface area (Å²) in [5.41, 5.74) is 2.72. The molecule has 1 fully saturated rings. The lowest BCUT2D eigenvalue weighted by molar-refractivity contribution is -0.0321. The van der Waals surface area contributed by atoms with Gasteiger partial charge in [0.25, 0.3) is 5.91 Å². The summed E-state index contributed by atoms with van der Waals surface area (Å²) < 4.78 is 1.75. The Morgan fingerprint density at radius 3 is 2.88 bits per heavy atom. The topological polar surface area (TPSA) is 71.2 Å². The second-order valence-electron chi connectivity index (χ2n) is 7.84. The molecule has 1 atom stereocenters. The van der Waals surface area contributed by atoms with Gasteiger partial charge in [-0.2, -0.15) is 0 Å². The lowest BCUT2D eigenvalue weighted by atomic mass is 9.89. The molecule has 2 aliphatic rings. The molecule has 1 aromatic carbocycles. The summed E-state index contributed by atoms with van der Waals surface area (Å²) in [5.74, 6) is 0.0260. The van der Waals surface area contributed by atoms with Gasteiger partial charge >= 0.3 is 0 Å². The molecule has 1 aliphatic carbocycles. The summed E-state index contributed by atoms with van der Waals surface area (Å²) in [7, 11) is 0. The van der Waals surface area contributed by atoms with Crippen LogP contribution in [-0.2, 0) is 18.4 Å². The smallest absolute Gasteiger partial charge is 0.254 e. The third-order valence-electron chi connectivity index (χ3n) is 5.65. The van der Waals surface area contributed by atoms with E-state index < -0.39 is 5.60 Å². The Hall–Kier alpha value is -2.21. The van der Waals surface area contributed by atoms with E-state index in [1.165, 1.54) is 11.1 Å². The van der Waals surface area contributed by atoms with Crippen molar-refractivity contribution < 1.29 is 9.90 Å². The molecule has 6 heteroatoms. The van der Waals surface area contributed by atoms with E-state index in [-0.39, 0.29) is 18.5 Å². The van der Waals surface area contributed by atoms with Crippen molar-refractivity contribution in [3.05, 3.63) is 46.8 Å². The Morgan fingerprint density at radius 1 is 1.27 bits per heavy atom. The highest BCUT2D eigenvalue weighted by Crippen LogP contribution is 2.32. The van der Waals surface area contributed by atoms with Gasteiger partial charge in [-0.15, -0.1) is 5.10 Å². The number of aryl methyl sites for hydroxylation is 1. The number of piperidine rings is 1. The van der Waals surface area contributed by atoms with E-state index >= 15 is 0 Å². The van der Waals surface area contributed by atoms with Gasteiger partial charge in [0.05, 0.1) is 12.7 Å². The van der Waals surface area contributed by atoms with E-state index in [1.807, 2.05) is 26.0 Å². The molecular formula is C20H26N4O2. The zero-order valence-electron chi connectivity index (χ0n) is 15.5. The van der Waals surface area contributed by atoms with Gasteiger partial charge in [0.2, 0.25) is 0 Å². The summed E-state index contributed by atoms with van der Waals surface area (Å²) in [6.45, 7) is 4.99. The van der Waals surface area contributed by atoms with Crippen LogP contribution in [0.4, 0.5) is 0 Å². The highest BCUT2D eigenvalue weighted by Gasteiger charge is 2.40. The van der Waals surface area contributed by atoms with Crippen LogP contribution < -0.4 is 0 Å². The first-order valence-electron chi connectivity index (χ1n) is 9.53. The molecule has 4 rings (SSSR count). The van der Waals surface area contributed by atoms with Gasteiger partial charge in [-0.25, -0.2) is 4.68 Å². The number of fused-ring (bicyclic) bond motifs is 1. The number of rotatable bonds is 3. The number of amides is 1. The van der Waals surface area contributed by atoms with Gasteiger partial charge < -0.3 is 10.0 Å². The normalized spacial score (nSPS) is 22.7. The Kier molecular flexibility index (Phi) is 4.31. The molecular weight excluding hydrogens is 328 g/mol. The van der Waals surface area contributed by atoms with E-state index in [2.05, 4.69) is 16.4 Å². The van der Waals surface area contributed by atoms with Gasteiger partial charge in [-0.3, -0.25) is 4.79 Å². The van der Waals surface area contributed by atoms with Crippen LogP contribution in [0.15, 0.2) is 24.4 Å². The van der Waals surface area contributed by atoms with Crippen molar-refractivity contribution in [1.29, 1.82) is 0 Å². The Morgan fingerprint density at radius 2 is 2.12 bits per heavy atom. The van der Waals surface area contributed by atoms with Crippen LogP contribution in [0, 0.1) is 0 Å². The molecule has 26 heavy (non-hydrogen) atoms. The lowest BCUT2D eigenvalue weighted by Gasteiger charge is -2.38. The van der Waals surface area contributed by atoms with Crippen LogP contribution in [0.25, 0.3) is 0 Å². The van der Waals surface area contributed by atoms with Crippen LogP contribution in [0.1, 0.15) is 66.3 Å². The third kappa shape index (κ3) is 2.92. The number of likely N-dealkylation sites (tertiary alicyclic amines) is 1. The largest absolute Gasteiger partial charge is 0.382 e. The van der Waals surface area contributed by atoms with Crippen molar-refractivity contribution in [3.63, 3.8) is 0 Å². The molecule has 2 heterocycles. The van der Waals surface area contributed by atoms with Crippen LogP contribution in [-0.4, -0.2) is 44.0 Å². The van der Waals surface area contributed by atoms with Crippen molar-refractivity contribution in [2.24, 2.45) is 0 Å². The van der Waals surface area contributed by atoms with Crippen molar-refractivity contribution in [1.82, 2.24) is 19.9 Å². The Balaban J connectivity index is 1.58. The summed E-state index contributed by atoms with van der Waals surface area (Å²) in [5, 5.41) is 19.5. The number of β-amino-alcohol motifs (C(OH)–C–C–N with tert-alkyl or cyclic N) is 1. The molecule has 2 aromatic rings. The molecule has 0 radical (unpaired) electrons. The molecule has 1 aromatic heterocycles. The minimum atomic E-state index is -1.13. The predicted octanol–water partition coefficient (Wildman–Crippen LogP) is 2.47. The first kappa shape index (κ1) is 17.2. The van der Waals surface area contributed by atoms with Crippen LogP contribution in [0.2, 0.25) is 0 Å². The SMILES string of the molecule is CC(C)n1cc(C2(O)CCCN(C(=O)c3cccc4c3CCC4)C2)nn1. The van der Waals surface area contributed by atoms with E-state index in [9.17, 15) is 9.90 Å². The van der Waals surface area contributed by atoms with Crippen molar-refractivity contribution in [2.45, 2.75) is 57.6 Å². The molecule has 0 bridgehead atoms. The monoisotopic (exact) mass is 354 g/mol. The fraction of sp³-hybridized carbons (Fsp3) is 0.550. The number of aromatic nitrogens is 3. The second kappa shape index (κ2) is 6.50. The highest BCUT2D eigenvalue weighted by molar-refractivity contribution is 5.96. The molecule has 1 N–H and O–H groups in total. The summed E-state index contributed by atoms with van der Waals surface area (Å²) in [6, 6.07) is 6.21. The molecule has 6 nitrogen and oxygen atoms in total. The number of carbonyl (C=O) groups excluding carboxylic acids is 1. The van der Waals surface area contributed by atoms with Crippen molar-refractivity contribution in [3.8, 4) is 0 Å². The summed E-state index contributed by atoms with van der Waals surface area (Å²) >= 11 is 0. The maximum Gasteiger partial charge on any atom is 0.254 e. The molecule has 0 spiro atoms. The standard InChI is InChI=1S/C20H26N4O2/c1-14(2)24-12-18(21-22-24)20(26)10-5-11-23(13-20)19(25)17-9-4-7-15-6-3-8-16(15)17/h4,7,9,12,14,26H,3,5-6,8,10-11,13H2,1-2H3. The van der Waals surface area contributed by atoms with Crippen LogP contribution >= 0.6 is 0 Å². The van der Waals surface area contributed by atoms with E-state index in [4.69, 9.17) is 0 Å². The summed E-state index contributed by atoms with van der Waals surface area (Å²) in [6.07, 6.45) is 6.30. The van der Waals surface area contributed by atoms with Crippen LogP contribution in [0.3, 0.4) is 0 Å². The molecule has 138 valence electrons. The van der Waals surface area contributed by atoms with E-state index in [1.54, 1.807) is 15.8 Å². The number of hydrogen-bond donors (Lipinski definition) is 1. The zero-order valence-corrected chi connectivity index (χ0v) is 15.5. The molecule has 1 unspecified atom stereocenters. The molecule has 1 saturated heterocycles. The second-order valence-corrected chi connectivity index (χ2v) is 7.84. The predicted molar refractivity (Wildman–Crippen MR) is 97.9 cm³/mol. The molecule has 1 amide bonds. The summed E-state index contributed by atoms with van der Waals surface area (Å²) in [4.78, 5) is 14.9. The number of aliphatic hydroxyl groups is 1. The quantitative estimate of drug-likeness (QED) is 0.919. The molecule has 0 saturated carbocycles. The maximum absolute atomic E-state index is 13.2. The van der Waals surface area contributed by atoms with Crippen molar-refractivity contribution in [2.75, 3.05) is 13.1 Å². The van der Waals surface area contributed by atoms with Crippen LogP contribution in [0.5, 0.6) is 0 Å². The average Bonchev–Trinajstić information content (AvgIpc) is 3.30. The fourth-order valence-corrected chi connectivity index (χ4v) is 4.15. The van der Waals surface area contributed by atoms with Gasteiger partial charge in [0.15, 0.2) is 0 Å². The number of hydrogen-bond acceptors (Lipinski definition) is 4. The first-order valence-corrected chi connectivity index (χ1v) is 9.53. The van der Waals surface area contributed by atoms with Gasteiger partial charge in [-0.05, 0) is 63.1 Å². The fourth-order valence-electron chi connectivity index (χ4n) is 4.15. The van der Waals surface area contributed by atoms with Gasteiger partial charge in [0, 0.05) is 18.2 Å². The van der Waals surface area contributed by atoms with Gasteiger partial charge in [-0.1, -0.05) is 17.3 Å². The van der Waals surface area contributed by atoms with E-state index in [0.717, 1.165) is 31.2 Å². The minimum Gasteiger partial charge on any atom is -0.382 e. The third-order valence-corrected chi connectivity index (χ3v) is 5.65.